The van der Waals surface area contributed by atoms with E-state index in [1.165, 1.54) is 11.3 Å². The molecule has 4 nitrogen and oxygen atoms in total. The minimum Gasteiger partial charge on any atom is -0.375 e. The molecule has 0 aliphatic rings. The molecule has 3 N–H and O–H groups in total. The summed E-state index contributed by atoms with van der Waals surface area (Å²) in [6.07, 6.45) is 0. The highest BCUT2D eigenvalue weighted by Crippen LogP contribution is 2.26. The van der Waals surface area contributed by atoms with Gasteiger partial charge in [0.05, 0.1) is 10.2 Å². The minimum absolute atomic E-state index is 0.182. The summed E-state index contributed by atoms with van der Waals surface area (Å²) in [6, 6.07) is 12.2. The van der Waals surface area contributed by atoms with Gasteiger partial charge in [0.15, 0.2) is 5.13 Å². The Labute approximate surface area is 124 Å². The van der Waals surface area contributed by atoms with Crippen LogP contribution < -0.4 is 11.1 Å². The van der Waals surface area contributed by atoms with Gasteiger partial charge in [-0.3, -0.25) is 4.79 Å². The van der Waals surface area contributed by atoms with Crippen LogP contribution in [0.1, 0.15) is 10.4 Å². The summed E-state index contributed by atoms with van der Waals surface area (Å²) >= 11 is 7.18. The number of thiazole rings is 1. The number of nitrogens with zero attached hydrogens (tertiary/aromatic N) is 1. The summed E-state index contributed by atoms with van der Waals surface area (Å²) in [4.78, 5) is 16.2. The highest BCUT2D eigenvalue weighted by atomic mass is 35.5. The SMILES string of the molecule is Nc1nc2ccc(NC(=O)c3ccc(Cl)cc3)cc2s1. The van der Waals surface area contributed by atoms with Crippen molar-refractivity contribution in [1.29, 1.82) is 0 Å². The number of rotatable bonds is 2. The molecule has 0 aliphatic heterocycles. The Morgan fingerprint density at radius 2 is 1.95 bits per heavy atom. The van der Waals surface area contributed by atoms with E-state index < -0.39 is 0 Å². The first-order chi connectivity index (χ1) is 9.61. The Hall–Kier alpha value is -2.11. The van der Waals surface area contributed by atoms with Gasteiger partial charge in [0, 0.05) is 16.3 Å². The molecule has 6 heteroatoms. The smallest absolute Gasteiger partial charge is 0.255 e. The number of amides is 1. The molecule has 20 heavy (non-hydrogen) atoms. The number of hydrogen-bond donors (Lipinski definition) is 2. The number of aromatic nitrogens is 1. The number of nitrogen functional groups attached to an aromatic ring is 1. The first-order valence-corrected chi connectivity index (χ1v) is 7.04. The first kappa shape index (κ1) is 12.9. The Bertz CT molecular complexity index is 783. The van der Waals surface area contributed by atoms with Crippen LogP contribution in [0.15, 0.2) is 42.5 Å². The molecule has 100 valence electrons. The Morgan fingerprint density at radius 1 is 1.20 bits per heavy atom. The maximum atomic E-state index is 12.1. The molecular weight excluding hydrogens is 294 g/mol. The molecule has 0 aliphatic carbocycles. The number of nitrogens with one attached hydrogen (secondary N) is 1. The zero-order chi connectivity index (χ0) is 14.1. The van der Waals surface area contributed by atoms with E-state index in [1.807, 2.05) is 12.1 Å². The zero-order valence-corrected chi connectivity index (χ0v) is 11.8. The van der Waals surface area contributed by atoms with Crippen LogP contribution in [0.2, 0.25) is 5.02 Å². The molecule has 0 unspecified atom stereocenters. The van der Waals surface area contributed by atoms with Gasteiger partial charge in [-0.25, -0.2) is 4.98 Å². The predicted molar refractivity (Wildman–Crippen MR) is 83.4 cm³/mol. The second-order valence-electron chi connectivity index (χ2n) is 4.20. The lowest BCUT2D eigenvalue weighted by atomic mass is 10.2. The van der Waals surface area contributed by atoms with Gasteiger partial charge < -0.3 is 11.1 Å². The van der Waals surface area contributed by atoms with Crippen molar-refractivity contribution in [2.75, 3.05) is 11.1 Å². The van der Waals surface area contributed by atoms with Crippen molar-refractivity contribution in [3.05, 3.63) is 53.1 Å². The van der Waals surface area contributed by atoms with Crippen LogP contribution in [-0.2, 0) is 0 Å². The fourth-order valence-electron chi connectivity index (χ4n) is 1.82. The maximum absolute atomic E-state index is 12.1. The minimum atomic E-state index is -0.182. The third-order valence-electron chi connectivity index (χ3n) is 2.77. The topological polar surface area (TPSA) is 68.0 Å². The fourth-order valence-corrected chi connectivity index (χ4v) is 2.72. The van der Waals surface area contributed by atoms with Gasteiger partial charge in [0.2, 0.25) is 0 Å². The van der Waals surface area contributed by atoms with Crippen molar-refractivity contribution < 1.29 is 4.79 Å². The summed E-state index contributed by atoms with van der Waals surface area (Å²) in [7, 11) is 0. The van der Waals surface area contributed by atoms with Gasteiger partial charge in [-0.05, 0) is 42.5 Å². The van der Waals surface area contributed by atoms with E-state index >= 15 is 0 Å². The lowest BCUT2D eigenvalue weighted by molar-refractivity contribution is 0.102. The zero-order valence-electron chi connectivity index (χ0n) is 10.3. The Morgan fingerprint density at radius 3 is 2.70 bits per heavy atom. The van der Waals surface area contributed by atoms with Gasteiger partial charge >= 0.3 is 0 Å². The van der Waals surface area contributed by atoms with E-state index in [2.05, 4.69) is 10.3 Å². The van der Waals surface area contributed by atoms with Gasteiger partial charge in [0.25, 0.3) is 5.91 Å². The number of fused-ring (bicyclic) bond motifs is 1. The van der Waals surface area contributed by atoms with E-state index in [1.54, 1.807) is 30.3 Å². The van der Waals surface area contributed by atoms with Crippen molar-refractivity contribution >= 4 is 49.9 Å². The molecule has 0 radical (unpaired) electrons. The highest BCUT2D eigenvalue weighted by Gasteiger charge is 2.07. The molecule has 0 saturated heterocycles. The van der Waals surface area contributed by atoms with E-state index in [0.29, 0.717) is 21.4 Å². The van der Waals surface area contributed by atoms with Gasteiger partial charge in [-0.15, -0.1) is 0 Å². The quantitative estimate of drug-likeness (QED) is 0.757. The third kappa shape index (κ3) is 2.59. The second kappa shape index (κ2) is 5.11. The maximum Gasteiger partial charge on any atom is 0.255 e. The van der Waals surface area contributed by atoms with Crippen molar-refractivity contribution in [3.8, 4) is 0 Å². The van der Waals surface area contributed by atoms with Gasteiger partial charge in [-0.2, -0.15) is 0 Å². The summed E-state index contributed by atoms with van der Waals surface area (Å²) in [6.45, 7) is 0. The molecule has 2 aromatic carbocycles. The van der Waals surface area contributed by atoms with Crippen molar-refractivity contribution in [2.24, 2.45) is 0 Å². The van der Waals surface area contributed by atoms with Crippen LogP contribution in [-0.4, -0.2) is 10.9 Å². The number of halogens is 1. The monoisotopic (exact) mass is 303 g/mol. The van der Waals surface area contributed by atoms with Crippen LogP contribution in [0, 0.1) is 0 Å². The predicted octanol–water partition coefficient (Wildman–Crippen LogP) is 3.78. The van der Waals surface area contributed by atoms with E-state index in [9.17, 15) is 4.79 Å². The molecule has 0 fully saturated rings. The van der Waals surface area contributed by atoms with Crippen LogP contribution in [0.4, 0.5) is 10.8 Å². The molecule has 0 atom stereocenters. The first-order valence-electron chi connectivity index (χ1n) is 5.85. The Balaban J connectivity index is 1.84. The van der Waals surface area contributed by atoms with Crippen molar-refractivity contribution in [1.82, 2.24) is 4.98 Å². The molecule has 1 amide bonds. The number of hydrogen-bond acceptors (Lipinski definition) is 4. The van der Waals surface area contributed by atoms with Crippen LogP contribution >= 0.6 is 22.9 Å². The third-order valence-corrected chi connectivity index (χ3v) is 3.87. The summed E-state index contributed by atoms with van der Waals surface area (Å²) in [5, 5.41) is 3.95. The second-order valence-corrected chi connectivity index (χ2v) is 5.69. The van der Waals surface area contributed by atoms with Crippen LogP contribution in [0.5, 0.6) is 0 Å². The van der Waals surface area contributed by atoms with E-state index in [4.69, 9.17) is 17.3 Å². The normalized spacial score (nSPS) is 10.7. The summed E-state index contributed by atoms with van der Waals surface area (Å²) < 4.78 is 0.941. The molecule has 0 spiro atoms. The molecule has 0 bridgehead atoms. The lowest BCUT2D eigenvalue weighted by Crippen LogP contribution is -2.11. The van der Waals surface area contributed by atoms with Crippen LogP contribution in [0.3, 0.4) is 0 Å². The lowest BCUT2D eigenvalue weighted by Gasteiger charge is -2.05. The van der Waals surface area contributed by atoms with Crippen molar-refractivity contribution in [2.45, 2.75) is 0 Å². The average molecular weight is 304 g/mol. The molecule has 3 rings (SSSR count). The summed E-state index contributed by atoms with van der Waals surface area (Å²) in [5.41, 5.74) is 7.75. The molecular formula is C14H10ClN3OS. The number of anilines is 2. The van der Waals surface area contributed by atoms with Crippen molar-refractivity contribution in [3.63, 3.8) is 0 Å². The van der Waals surface area contributed by atoms with Crippen LogP contribution in [0.25, 0.3) is 10.2 Å². The number of carbonyl (C=O) groups excluding carboxylic acids is 1. The summed E-state index contributed by atoms with van der Waals surface area (Å²) in [5.74, 6) is -0.182. The average Bonchev–Trinajstić information content (AvgIpc) is 2.78. The van der Waals surface area contributed by atoms with Gasteiger partial charge in [-0.1, -0.05) is 22.9 Å². The molecule has 1 aromatic heterocycles. The van der Waals surface area contributed by atoms with E-state index in [-0.39, 0.29) is 5.91 Å². The standard InChI is InChI=1S/C14H10ClN3OS/c15-9-3-1-8(2-4-9)13(19)17-10-5-6-11-12(7-10)20-14(16)18-11/h1-7H,(H2,16,18)(H,17,19). The largest absolute Gasteiger partial charge is 0.375 e. The highest BCUT2D eigenvalue weighted by molar-refractivity contribution is 7.22. The number of benzene rings is 2. The molecule has 0 saturated carbocycles. The van der Waals surface area contributed by atoms with E-state index in [0.717, 1.165) is 10.2 Å². The molecule has 1 heterocycles. The molecule has 3 aromatic rings. The van der Waals surface area contributed by atoms with Gasteiger partial charge in [0.1, 0.15) is 0 Å². The number of carbonyl (C=O) groups is 1. The fraction of sp³-hybridized carbons (Fsp3) is 0. The Kier molecular flexibility index (Phi) is 3.30. The number of nitrogens with two attached hydrogens (primary N) is 1.